The molecule has 2 heterocycles. The first-order valence-corrected chi connectivity index (χ1v) is 10.4. The highest BCUT2D eigenvalue weighted by molar-refractivity contribution is 9.10. The average molecular weight is 483 g/mol. The van der Waals surface area contributed by atoms with E-state index in [2.05, 4.69) is 25.8 Å². The van der Waals surface area contributed by atoms with Crippen LogP contribution in [0.1, 0.15) is 11.6 Å². The van der Waals surface area contributed by atoms with E-state index in [9.17, 15) is 9.90 Å². The summed E-state index contributed by atoms with van der Waals surface area (Å²) in [5, 5.41) is 11.9. The number of nitrogens with one attached hydrogen (secondary N) is 1. The van der Waals surface area contributed by atoms with Crippen molar-refractivity contribution in [2.24, 2.45) is 0 Å². The van der Waals surface area contributed by atoms with Gasteiger partial charge in [-0.3, -0.25) is 9.69 Å². The van der Waals surface area contributed by atoms with Crippen LogP contribution in [0.5, 0.6) is 0 Å². The minimum Gasteiger partial charge on any atom is -0.480 e. The number of carbonyl (C=O) groups is 1. The van der Waals surface area contributed by atoms with Crippen molar-refractivity contribution in [1.29, 1.82) is 0 Å². The zero-order chi connectivity index (χ0) is 19.8. The molecular formula is C20H18BrCl2N3O2. The van der Waals surface area contributed by atoms with Gasteiger partial charge in [0.1, 0.15) is 6.04 Å². The molecule has 8 heteroatoms. The zero-order valence-corrected chi connectivity index (χ0v) is 17.9. The summed E-state index contributed by atoms with van der Waals surface area (Å²) in [4.78, 5) is 19.5. The molecule has 2 aromatic carbocycles. The molecule has 2 N–H and O–H groups in total. The highest BCUT2D eigenvalue weighted by Gasteiger charge is 2.32. The molecule has 1 aromatic heterocycles. The van der Waals surface area contributed by atoms with Gasteiger partial charge < -0.3 is 15.0 Å². The lowest BCUT2D eigenvalue weighted by molar-refractivity contribution is -0.143. The lowest BCUT2D eigenvalue weighted by Gasteiger charge is -2.38. The Morgan fingerprint density at radius 2 is 1.82 bits per heavy atom. The number of piperazine rings is 1. The Kier molecular flexibility index (Phi) is 5.56. The standard InChI is InChI=1S/C20H18BrCl2N3O2/c21-12-1-4-18-14(9-12)15(11-24-18)19(20(27)28)26-7-5-25(6-8-26)13-2-3-16(22)17(23)10-13/h1-4,9-11,19,24H,5-8H2,(H,27,28)/t19-/m1/s1. The van der Waals surface area contributed by atoms with Gasteiger partial charge >= 0.3 is 5.97 Å². The summed E-state index contributed by atoms with van der Waals surface area (Å²) in [5.41, 5.74) is 2.71. The van der Waals surface area contributed by atoms with Crippen LogP contribution in [0.25, 0.3) is 10.9 Å². The second kappa shape index (κ2) is 7.95. The largest absolute Gasteiger partial charge is 0.480 e. The number of rotatable bonds is 4. The second-order valence-corrected chi connectivity index (χ2v) is 8.53. The lowest BCUT2D eigenvalue weighted by Crippen LogP contribution is -2.49. The number of benzene rings is 2. The van der Waals surface area contributed by atoms with Crippen molar-refractivity contribution >= 4 is 61.7 Å². The van der Waals surface area contributed by atoms with Gasteiger partial charge in [0.25, 0.3) is 0 Å². The Labute approximate surface area is 181 Å². The number of aromatic amines is 1. The minimum atomic E-state index is -0.844. The number of fused-ring (bicyclic) bond motifs is 1. The Hall–Kier alpha value is -1.73. The first kappa shape index (κ1) is 19.6. The number of hydrogen-bond donors (Lipinski definition) is 2. The molecule has 0 unspecified atom stereocenters. The van der Waals surface area contributed by atoms with E-state index in [1.807, 2.05) is 35.2 Å². The number of halogens is 3. The lowest BCUT2D eigenvalue weighted by atomic mass is 10.0. The van der Waals surface area contributed by atoms with Crippen LogP contribution in [0.3, 0.4) is 0 Å². The predicted molar refractivity (Wildman–Crippen MR) is 117 cm³/mol. The summed E-state index contributed by atoms with van der Waals surface area (Å²) in [5.74, 6) is -0.844. The molecule has 1 aliphatic heterocycles. The molecule has 0 amide bonds. The third-order valence-corrected chi connectivity index (χ3v) is 6.38. The number of nitrogens with zero attached hydrogens (tertiary/aromatic N) is 2. The normalized spacial score (nSPS) is 16.5. The number of aromatic nitrogens is 1. The topological polar surface area (TPSA) is 59.6 Å². The molecule has 1 saturated heterocycles. The molecule has 0 bridgehead atoms. The van der Waals surface area contributed by atoms with Crippen LogP contribution < -0.4 is 4.90 Å². The fraction of sp³-hybridized carbons (Fsp3) is 0.250. The number of hydrogen-bond acceptors (Lipinski definition) is 3. The molecule has 146 valence electrons. The van der Waals surface area contributed by atoms with Crippen LogP contribution in [0, 0.1) is 0 Å². The van der Waals surface area contributed by atoms with Crippen LogP contribution in [-0.2, 0) is 4.79 Å². The van der Waals surface area contributed by atoms with Crippen molar-refractivity contribution in [3.05, 3.63) is 62.7 Å². The van der Waals surface area contributed by atoms with Gasteiger partial charge in [-0.25, -0.2) is 0 Å². The van der Waals surface area contributed by atoms with Crippen molar-refractivity contribution in [2.45, 2.75) is 6.04 Å². The molecule has 1 atom stereocenters. The molecule has 4 rings (SSSR count). The fourth-order valence-corrected chi connectivity index (χ4v) is 4.40. The van der Waals surface area contributed by atoms with E-state index in [1.54, 1.807) is 12.3 Å². The summed E-state index contributed by atoms with van der Waals surface area (Å²) in [6.07, 6.45) is 1.81. The maximum Gasteiger partial charge on any atom is 0.325 e. The summed E-state index contributed by atoms with van der Waals surface area (Å²) in [6.45, 7) is 2.71. The van der Waals surface area contributed by atoms with Crippen LogP contribution in [0.4, 0.5) is 5.69 Å². The second-order valence-electron chi connectivity index (χ2n) is 6.80. The maximum absolute atomic E-state index is 12.1. The molecule has 0 spiro atoms. The quantitative estimate of drug-likeness (QED) is 0.537. The van der Waals surface area contributed by atoms with Crippen LogP contribution >= 0.6 is 39.1 Å². The Morgan fingerprint density at radius 3 is 2.50 bits per heavy atom. The number of carboxylic acid groups (broad SMARTS) is 1. The molecule has 0 radical (unpaired) electrons. The van der Waals surface area contributed by atoms with Gasteiger partial charge in [-0.15, -0.1) is 0 Å². The molecule has 3 aromatic rings. The molecule has 28 heavy (non-hydrogen) atoms. The first-order valence-electron chi connectivity index (χ1n) is 8.87. The monoisotopic (exact) mass is 481 g/mol. The van der Waals surface area contributed by atoms with Crippen LogP contribution in [-0.4, -0.2) is 47.1 Å². The minimum absolute atomic E-state index is 0.523. The zero-order valence-electron chi connectivity index (χ0n) is 14.8. The Morgan fingerprint density at radius 1 is 1.07 bits per heavy atom. The number of carboxylic acids is 1. The van der Waals surface area contributed by atoms with E-state index in [0.29, 0.717) is 36.2 Å². The summed E-state index contributed by atoms with van der Waals surface area (Å²) in [7, 11) is 0. The molecule has 5 nitrogen and oxygen atoms in total. The van der Waals surface area contributed by atoms with E-state index in [4.69, 9.17) is 23.2 Å². The first-order chi connectivity index (χ1) is 13.4. The van der Waals surface area contributed by atoms with Crippen LogP contribution in [0.2, 0.25) is 10.0 Å². The van der Waals surface area contributed by atoms with Gasteiger partial charge in [0.05, 0.1) is 10.0 Å². The third kappa shape index (κ3) is 3.74. The predicted octanol–water partition coefficient (Wildman–Crippen LogP) is 5.19. The highest BCUT2D eigenvalue weighted by atomic mass is 79.9. The van der Waals surface area contributed by atoms with E-state index in [-0.39, 0.29) is 0 Å². The van der Waals surface area contributed by atoms with Crippen LogP contribution in [0.15, 0.2) is 47.1 Å². The molecular weight excluding hydrogens is 465 g/mol. The highest BCUT2D eigenvalue weighted by Crippen LogP contribution is 2.33. The van der Waals surface area contributed by atoms with Crippen molar-refractivity contribution in [1.82, 2.24) is 9.88 Å². The van der Waals surface area contributed by atoms with Gasteiger partial charge in [0.15, 0.2) is 0 Å². The number of H-pyrrole nitrogens is 1. The van der Waals surface area contributed by atoms with E-state index in [1.165, 1.54) is 0 Å². The van der Waals surface area contributed by atoms with Crippen molar-refractivity contribution in [3.8, 4) is 0 Å². The summed E-state index contributed by atoms with van der Waals surface area (Å²) >= 11 is 15.6. The molecule has 0 saturated carbocycles. The van der Waals surface area contributed by atoms with Gasteiger partial charge in [0.2, 0.25) is 0 Å². The van der Waals surface area contributed by atoms with Gasteiger partial charge in [0, 0.05) is 59.0 Å². The third-order valence-electron chi connectivity index (χ3n) is 5.15. The van der Waals surface area contributed by atoms with Crippen molar-refractivity contribution in [3.63, 3.8) is 0 Å². The van der Waals surface area contributed by atoms with Gasteiger partial charge in [-0.1, -0.05) is 39.1 Å². The summed E-state index contributed by atoms with van der Waals surface area (Å²) < 4.78 is 0.925. The van der Waals surface area contributed by atoms with Crippen molar-refractivity contribution < 1.29 is 9.90 Å². The summed E-state index contributed by atoms with van der Waals surface area (Å²) in [6, 6.07) is 10.7. The number of aliphatic carboxylic acids is 1. The fourth-order valence-electron chi connectivity index (χ4n) is 3.75. The molecule has 1 aliphatic rings. The van der Waals surface area contributed by atoms with Crippen molar-refractivity contribution in [2.75, 3.05) is 31.1 Å². The molecule has 1 fully saturated rings. The molecule has 0 aliphatic carbocycles. The SMILES string of the molecule is O=C(O)[C@@H](c1c[nH]c2ccc(Br)cc12)N1CCN(c2ccc(Cl)c(Cl)c2)CC1. The smallest absolute Gasteiger partial charge is 0.325 e. The Balaban J connectivity index is 1.56. The number of anilines is 1. The van der Waals surface area contributed by atoms with E-state index >= 15 is 0 Å². The van der Waals surface area contributed by atoms with Gasteiger partial charge in [-0.05, 0) is 36.4 Å². The average Bonchev–Trinajstić information content (AvgIpc) is 3.07. The Bertz CT molecular complexity index is 1030. The van der Waals surface area contributed by atoms with E-state index in [0.717, 1.165) is 26.6 Å². The maximum atomic E-state index is 12.1. The van der Waals surface area contributed by atoms with Gasteiger partial charge in [-0.2, -0.15) is 0 Å². The van der Waals surface area contributed by atoms with E-state index < -0.39 is 12.0 Å².